The maximum Gasteiger partial charge on any atom is 0.0293 e. The van der Waals surface area contributed by atoms with Crippen molar-refractivity contribution in [2.45, 2.75) is 33.7 Å². The molecule has 0 heterocycles. The number of rotatable bonds is 0. The van der Waals surface area contributed by atoms with Gasteiger partial charge in [-0.05, 0) is 31.6 Å². The molecule has 2 aliphatic rings. The van der Waals surface area contributed by atoms with Gasteiger partial charge in [-0.25, -0.2) is 0 Å². The van der Waals surface area contributed by atoms with Gasteiger partial charge in [0.2, 0.25) is 0 Å². The van der Waals surface area contributed by atoms with Crippen molar-refractivity contribution in [1.29, 1.82) is 0 Å². The van der Waals surface area contributed by atoms with Gasteiger partial charge in [-0.15, -0.1) is 0 Å². The van der Waals surface area contributed by atoms with Crippen LogP contribution >= 0.6 is 47.8 Å². The zero-order chi connectivity index (χ0) is 8.22. The molecule has 2 aliphatic carbocycles. The molecule has 2 saturated carbocycles. The highest BCUT2D eigenvalue weighted by atomic mass is 79.9. The van der Waals surface area contributed by atoms with Gasteiger partial charge in [0.1, 0.15) is 0 Å². The SMILES string of the molecule is CC1(Br)C2C[C@H](Br)[C@@H](Br)CC21. The van der Waals surface area contributed by atoms with Gasteiger partial charge >= 0.3 is 0 Å². The molecular formula is C8H11Br3. The summed E-state index contributed by atoms with van der Waals surface area (Å²) in [4.78, 5) is 1.37. The third-order valence-corrected chi connectivity index (χ3v) is 7.09. The Labute approximate surface area is 92.9 Å². The third-order valence-electron chi connectivity index (χ3n) is 3.18. The minimum Gasteiger partial charge on any atom is -0.0878 e. The van der Waals surface area contributed by atoms with E-state index in [0.29, 0.717) is 14.0 Å². The monoisotopic (exact) mass is 344 g/mol. The zero-order valence-electron chi connectivity index (χ0n) is 6.36. The van der Waals surface area contributed by atoms with Gasteiger partial charge in [0.15, 0.2) is 0 Å². The summed E-state index contributed by atoms with van der Waals surface area (Å²) in [6, 6.07) is 0. The fourth-order valence-corrected chi connectivity index (χ4v) is 4.35. The Morgan fingerprint density at radius 3 is 1.82 bits per heavy atom. The summed E-state index contributed by atoms with van der Waals surface area (Å²) >= 11 is 11.2. The molecule has 3 heteroatoms. The van der Waals surface area contributed by atoms with Crippen molar-refractivity contribution < 1.29 is 0 Å². The van der Waals surface area contributed by atoms with Crippen LogP contribution in [0.4, 0.5) is 0 Å². The molecule has 0 bridgehead atoms. The van der Waals surface area contributed by atoms with Gasteiger partial charge in [-0.2, -0.15) is 0 Å². The van der Waals surface area contributed by atoms with E-state index in [0.717, 1.165) is 11.8 Å². The third kappa shape index (κ3) is 1.35. The van der Waals surface area contributed by atoms with Crippen molar-refractivity contribution in [1.82, 2.24) is 0 Å². The molecule has 2 rings (SSSR count). The quantitative estimate of drug-likeness (QED) is 0.587. The molecule has 0 spiro atoms. The van der Waals surface area contributed by atoms with Crippen LogP contribution in [0.1, 0.15) is 19.8 Å². The Bertz CT molecular complexity index is 160. The zero-order valence-corrected chi connectivity index (χ0v) is 11.1. The van der Waals surface area contributed by atoms with Crippen LogP contribution in [0.2, 0.25) is 0 Å². The first-order chi connectivity index (χ1) is 5.03. The number of fused-ring (bicyclic) bond motifs is 1. The van der Waals surface area contributed by atoms with Gasteiger partial charge in [-0.3, -0.25) is 0 Å². The van der Waals surface area contributed by atoms with Crippen LogP contribution in [0, 0.1) is 11.8 Å². The average molecular weight is 347 g/mol. The summed E-state index contributed by atoms with van der Waals surface area (Å²) in [7, 11) is 0. The molecule has 64 valence electrons. The van der Waals surface area contributed by atoms with Crippen molar-refractivity contribution in [2.75, 3.05) is 0 Å². The molecule has 2 fully saturated rings. The van der Waals surface area contributed by atoms with Crippen LogP contribution in [-0.4, -0.2) is 14.0 Å². The molecule has 4 atom stereocenters. The summed E-state index contributed by atoms with van der Waals surface area (Å²) in [5, 5.41) is 0. The van der Waals surface area contributed by atoms with Crippen molar-refractivity contribution >= 4 is 47.8 Å². The predicted octanol–water partition coefficient (Wildman–Crippen LogP) is 3.71. The Hall–Kier alpha value is 1.44. The second-order valence-corrected chi connectivity index (χ2v) is 7.93. The second kappa shape index (κ2) is 2.71. The lowest BCUT2D eigenvalue weighted by Crippen LogP contribution is -2.20. The van der Waals surface area contributed by atoms with Gasteiger partial charge in [0.25, 0.3) is 0 Å². The topological polar surface area (TPSA) is 0 Å². The summed E-state index contributed by atoms with van der Waals surface area (Å²) < 4.78 is 0.460. The first-order valence-electron chi connectivity index (χ1n) is 4.00. The van der Waals surface area contributed by atoms with Gasteiger partial charge in [0, 0.05) is 14.0 Å². The van der Waals surface area contributed by atoms with E-state index in [2.05, 4.69) is 54.7 Å². The van der Waals surface area contributed by atoms with Gasteiger partial charge in [-0.1, -0.05) is 47.8 Å². The molecule has 0 aliphatic heterocycles. The molecule has 0 amide bonds. The lowest BCUT2D eigenvalue weighted by atomic mass is 10.0. The van der Waals surface area contributed by atoms with Crippen molar-refractivity contribution in [3.8, 4) is 0 Å². The highest BCUT2D eigenvalue weighted by molar-refractivity contribution is 9.12. The van der Waals surface area contributed by atoms with Gasteiger partial charge in [0.05, 0.1) is 0 Å². The minimum absolute atomic E-state index is 0.460. The Balaban J connectivity index is 2.07. The van der Waals surface area contributed by atoms with E-state index in [-0.39, 0.29) is 0 Å². The normalized spacial score (nSPS) is 62.2. The van der Waals surface area contributed by atoms with Crippen molar-refractivity contribution in [3.63, 3.8) is 0 Å². The maximum absolute atomic E-state index is 3.79. The molecule has 0 nitrogen and oxygen atoms in total. The fraction of sp³-hybridized carbons (Fsp3) is 1.00. The van der Waals surface area contributed by atoms with Crippen LogP contribution in [0.3, 0.4) is 0 Å². The Kier molecular flexibility index (Phi) is 2.22. The van der Waals surface area contributed by atoms with Crippen molar-refractivity contribution in [3.05, 3.63) is 0 Å². The fourth-order valence-electron chi connectivity index (χ4n) is 2.23. The van der Waals surface area contributed by atoms with Crippen LogP contribution < -0.4 is 0 Å². The molecule has 0 radical (unpaired) electrons. The smallest absolute Gasteiger partial charge is 0.0293 e. The summed E-state index contributed by atoms with van der Waals surface area (Å²) in [6.45, 7) is 2.33. The first-order valence-corrected chi connectivity index (χ1v) is 6.63. The molecule has 11 heavy (non-hydrogen) atoms. The lowest BCUT2D eigenvalue weighted by Gasteiger charge is -2.20. The van der Waals surface area contributed by atoms with Crippen LogP contribution in [0.15, 0.2) is 0 Å². The highest BCUT2D eigenvalue weighted by Crippen LogP contribution is 2.65. The van der Waals surface area contributed by atoms with E-state index in [1.54, 1.807) is 0 Å². The van der Waals surface area contributed by atoms with Gasteiger partial charge < -0.3 is 0 Å². The summed E-state index contributed by atoms with van der Waals surface area (Å²) in [6.07, 6.45) is 2.64. The first kappa shape index (κ1) is 9.01. The van der Waals surface area contributed by atoms with E-state index in [1.165, 1.54) is 12.8 Å². The largest absolute Gasteiger partial charge is 0.0878 e. The molecule has 0 saturated heterocycles. The van der Waals surface area contributed by atoms with E-state index >= 15 is 0 Å². The Morgan fingerprint density at radius 1 is 1.09 bits per heavy atom. The van der Waals surface area contributed by atoms with E-state index in [4.69, 9.17) is 0 Å². The predicted molar refractivity (Wildman–Crippen MR) is 59.0 cm³/mol. The minimum atomic E-state index is 0.460. The number of halogens is 3. The van der Waals surface area contributed by atoms with E-state index < -0.39 is 0 Å². The number of hydrogen-bond donors (Lipinski definition) is 0. The highest BCUT2D eigenvalue weighted by Gasteiger charge is 2.62. The van der Waals surface area contributed by atoms with E-state index in [9.17, 15) is 0 Å². The molecule has 0 aromatic carbocycles. The second-order valence-electron chi connectivity index (χ2n) is 3.87. The van der Waals surface area contributed by atoms with Crippen LogP contribution in [0.25, 0.3) is 0 Å². The number of alkyl halides is 3. The van der Waals surface area contributed by atoms with E-state index in [1.807, 2.05) is 0 Å². The molecule has 0 N–H and O–H groups in total. The Morgan fingerprint density at radius 2 is 1.45 bits per heavy atom. The summed E-state index contributed by atoms with van der Waals surface area (Å²) in [5.74, 6) is 1.83. The molecule has 0 aromatic heterocycles. The lowest BCUT2D eigenvalue weighted by molar-refractivity contribution is 0.512. The maximum atomic E-state index is 3.79. The van der Waals surface area contributed by atoms with Crippen LogP contribution in [0.5, 0.6) is 0 Å². The number of hydrogen-bond acceptors (Lipinski definition) is 0. The summed E-state index contributed by atoms with van der Waals surface area (Å²) in [5.41, 5.74) is 0. The molecule has 2 unspecified atom stereocenters. The van der Waals surface area contributed by atoms with Crippen LogP contribution in [-0.2, 0) is 0 Å². The molecule has 0 aromatic rings. The van der Waals surface area contributed by atoms with Crippen molar-refractivity contribution in [2.24, 2.45) is 11.8 Å². The average Bonchev–Trinajstić information content (AvgIpc) is 2.39. The molecular weight excluding hydrogens is 336 g/mol. The standard InChI is InChI=1S/C8H11Br3/c1-8(11)4-2-6(9)7(10)3-5(4)8/h4-7H,2-3H2,1H3/t4?,5?,6-,7-,8?/m0/s1.